The topological polar surface area (TPSA) is 26.3 Å². The standard InChI is InChI=1S/C21H16O2/c1-2-23-21(22)19-13-15-12-11-14-7-3-4-8-16(14)20(15)18-10-6-5-9-17(18)19/h3-13H,2H2,1H3. The summed E-state index contributed by atoms with van der Waals surface area (Å²) in [6.45, 7) is 2.21. The van der Waals surface area contributed by atoms with Crippen LogP contribution in [0, 0.1) is 0 Å². The van der Waals surface area contributed by atoms with Gasteiger partial charge in [0.25, 0.3) is 0 Å². The molecular weight excluding hydrogens is 284 g/mol. The molecule has 2 heteroatoms. The molecule has 0 heterocycles. The van der Waals surface area contributed by atoms with E-state index in [1.807, 2.05) is 37.3 Å². The quantitative estimate of drug-likeness (QED) is 0.370. The van der Waals surface area contributed by atoms with E-state index in [4.69, 9.17) is 4.74 Å². The monoisotopic (exact) mass is 300 g/mol. The highest BCUT2D eigenvalue weighted by Crippen LogP contribution is 2.34. The van der Waals surface area contributed by atoms with E-state index in [9.17, 15) is 4.79 Å². The lowest BCUT2D eigenvalue weighted by Crippen LogP contribution is -2.05. The van der Waals surface area contributed by atoms with Crippen molar-refractivity contribution in [1.82, 2.24) is 0 Å². The summed E-state index contributed by atoms with van der Waals surface area (Å²) >= 11 is 0. The molecule has 0 amide bonds. The Balaban J connectivity index is 2.19. The van der Waals surface area contributed by atoms with E-state index < -0.39 is 0 Å². The molecule has 23 heavy (non-hydrogen) atoms. The highest BCUT2D eigenvalue weighted by molar-refractivity contribution is 6.23. The maximum Gasteiger partial charge on any atom is 0.338 e. The third kappa shape index (κ3) is 2.15. The summed E-state index contributed by atoms with van der Waals surface area (Å²) in [5.41, 5.74) is 0.630. The SMILES string of the molecule is CCOC(=O)c1cc2ccc3ccccc3c2c2ccccc12. The molecule has 0 atom stereocenters. The van der Waals surface area contributed by atoms with Gasteiger partial charge in [0.2, 0.25) is 0 Å². The normalized spacial score (nSPS) is 11.2. The molecular formula is C21H16O2. The maximum atomic E-state index is 12.3. The summed E-state index contributed by atoms with van der Waals surface area (Å²) in [6, 6.07) is 22.5. The van der Waals surface area contributed by atoms with Gasteiger partial charge in [0.15, 0.2) is 0 Å². The van der Waals surface area contributed by atoms with Gasteiger partial charge >= 0.3 is 5.97 Å². The lowest BCUT2D eigenvalue weighted by Gasteiger charge is -2.12. The Kier molecular flexibility index (Phi) is 3.23. The van der Waals surface area contributed by atoms with Crippen LogP contribution in [-0.4, -0.2) is 12.6 Å². The van der Waals surface area contributed by atoms with E-state index >= 15 is 0 Å². The number of ether oxygens (including phenoxy) is 1. The molecule has 0 spiro atoms. The van der Waals surface area contributed by atoms with Crippen LogP contribution in [0.25, 0.3) is 32.3 Å². The summed E-state index contributed by atoms with van der Waals surface area (Å²) < 4.78 is 5.23. The molecule has 4 aromatic carbocycles. The second kappa shape index (κ2) is 5.40. The number of benzene rings is 4. The minimum Gasteiger partial charge on any atom is -0.462 e. The average Bonchev–Trinajstić information content (AvgIpc) is 2.60. The molecule has 0 aliphatic carbocycles. The van der Waals surface area contributed by atoms with Crippen molar-refractivity contribution in [2.45, 2.75) is 6.92 Å². The second-order valence-electron chi connectivity index (χ2n) is 5.57. The van der Waals surface area contributed by atoms with Gasteiger partial charge in [-0.15, -0.1) is 0 Å². The Morgan fingerprint density at radius 3 is 2.26 bits per heavy atom. The molecule has 0 saturated carbocycles. The molecule has 4 aromatic rings. The zero-order valence-corrected chi connectivity index (χ0v) is 12.9. The highest BCUT2D eigenvalue weighted by atomic mass is 16.5. The number of carbonyl (C=O) groups is 1. The first kappa shape index (κ1) is 13.8. The fourth-order valence-electron chi connectivity index (χ4n) is 3.26. The van der Waals surface area contributed by atoms with Crippen LogP contribution in [0.5, 0.6) is 0 Å². The molecule has 2 nitrogen and oxygen atoms in total. The van der Waals surface area contributed by atoms with Gasteiger partial charge in [0.1, 0.15) is 0 Å². The molecule has 0 aliphatic rings. The van der Waals surface area contributed by atoms with E-state index in [1.165, 1.54) is 16.2 Å². The summed E-state index contributed by atoms with van der Waals surface area (Å²) in [6.07, 6.45) is 0. The van der Waals surface area contributed by atoms with Gasteiger partial charge in [-0.1, -0.05) is 60.7 Å². The number of hydrogen-bond acceptors (Lipinski definition) is 2. The van der Waals surface area contributed by atoms with E-state index in [-0.39, 0.29) is 5.97 Å². The van der Waals surface area contributed by atoms with Gasteiger partial charge in [-0.3, -0.25) is 0 Å². The van der Waals surface area contributed by atoms with Gasteiger partial charge in [-0.2, -0.15) is 0 Å². The van der Waals surface area contributed by atoms with E-state index in [1.54, 1.807) is 0 Å². The van der Waals surface area contributed by atoms with Crippen LogP contribution in [0.15, 0.2) is 66.7 Å². The Hall–Kier alpha value is -2.87. The van der Waals surface area contributed by atoms with Crippen LogP contribution in [-0.2, 0) is 4.74 Å². The number of hydrogen-bond donors (Lipinski definition) is 0. The van der Waals surface area contributed by atoms with Gasteiger partial charge in [0, 0.05) is 0 Å². The minimum absolute atomic E-state index is 0.265. The van der Waals surface area contributed by atoms with Gasteiger partial charge < -0.3 is 4.74 Å². The van der Waals surface area contributed by atoms with Crippen LogP contribution in [0.3, 0.4) is 0 Å². The van der Waals surface area contributed by atoms with Crippen molar-refractivity contribution in [2.75, 3.05) is 6.61 Å². The molecule has 0 radical (unpaired) electrons. The Morgan fingerprint density at radius 2 is 1.48 bits per heavy atom. The number of rotatable bonds is 2. The summed E-state index contributed by atoms with van der Waals surface area (Å²) in [5, 5.41) is 6.68. The fraction of sp³-hybridized carbons (Fsp3) is 0.0952. The van der Waals surface area contributed by atoms with E-state index in [0.29, 0.717) is 12.2 Å². The molecule has 0 N–H and O–H groups in total. The van der Waals surface area contributed by atoms with Crippen LogP contribution < -0.4 is 0 Å². The van der Waals surface area contributed by atoms with Crippen molar-refractivity contribution in [3.63, 3.8) is 0 Å². The van der Waals surface area contributed by atoms with Crippen LogP contribution in [0.4, 0.5) is 0 Å². The Labute approximate surface area is 134 Å². The minimum atomic E-state index is -0.265. The smallest absolute Gasteiger partial charge is 0.338 e. The zero-order valence-electron chi connectivity index (χ0n) is 12.9. The average molecular weight is 300 g/mol. The summed E-state index contributed by atoms with van der Waals surface area (Å²) in [4.78, 5) is 12.3. The molecule has 0 aliphatic heterocycles. The largest absolute Gasteiger partial charge is 0.462 e. The lowest BCUT2D eigenvalue weighted by molar-refractivity contribution is 0.0529. The number of carbonyl (C=O) groups excluding carboxylic acids is 1. The summed E-state index contributed by atoms with van der Waals surface area (Å²) in [7, 11) is 0. The van der Waals surface area contributed by atoms with Crippen molar-refractivity contribution >= 4 is 38.3 Å². The molecule has 112 valence electrons. The number of esters is 1. The van der Waals surface area contributed by atoms with E-state index in [0.717, 1.165) is 16.2 Å². The third-order valence-corrected chi connectivity index (χ3v) is 4.24. The Bertz CT molecular complexity index is 1050. The maximum absolute atomic E-state index is 12.3. The third-order valence-electron chi connectivity index (χ3n) is 4.24. The molecule has 0 unspecified atom stereocenters. The number of fused-ring (bicyclic) bond motifs is 5. The van der Waals surface area contributed by atoms with Crippen LogP contribution in [0.2, 0.25) is 0 Å². The van der Waals surface area contributed by atoms with Gasteiger partial charge in [0.05, 0.1) is 12.2 Å². The first-order valence-electron chi connectivity index (χ1n) is 7.80. The molecule has 0 saturated heterocycles. The van der Waals surface area contributed by atoms with E-state index in [2.05, 4.69) is 36.4 Å². The first-order valence-corrected chi connectivity index (χ1v) is 7.80. The predicted molar refractivity (Wildman–Crippen MR) is 94.9 cm³/mol. The summed E-state index contributed by atoms with van der Waals surface area (Å²) in [5.74, 6) is -0.265. The second-order valence-corrected chi connectivity index (χ2v) is 5.57. The molecule has 0 bridgehead atoms. The van der Waals surface area contributed by atoms with Crippen LogP contribution in [0.1, 0.15) is 17.3 Å². The molecule has 0 fully saturated rings. The molecule has 4 rings (SSSR count). The lowest BCUT2D eigenvalue weighted by atomic mass is 9.93. The fourth-order valence-corrected chi connectivity index (χ4v) is 3.26. The van der Waals surface area contributed by atoms with Crippen molar-refractivity contribution < 1.29 is 9.53 Å². The van der Waals surface area contributed by atoms with Crippen molar-refractivity contribution in [1.29, 1.82) is 0 Å². The first-order chi connectivity index (χ1) is 11.3. The van der Waals surface area contributed by atoms with Crippen molar-refractivity contribution in [3.05, 3.63) is 72.3 Å². The van der Waals surface area contributed by atoms with Gasteiger partial charge in [-0.25, -0.2) is 4.79 Å². The van der Waals surface area contributed by atoms with Gasteiger partial charge in [-0.05, 0) is 45.3 Å². The van der Waals surface area contributed by atoms with Crippen LogP contribution >= 0.6 is 0 Å². The highest BCUT2D eigenvalue weighted by Gasteiger charge is 2.15. The Morgan fingerprint density at radius 1 is 0.826 bits per heavy atom. The molecule has 0 aromatic heterocycles. The van der Waals surface area contributed by atoms with Crippen molar-refractivity contribution in [2.24, 2.45) is 0 Å². The zero-order chi connectivity index (χ0) is 15.8. The van der Waals surface area contributed by atoms with Crippen molar-refractivity contribution in [3.8, 4) is 0 Å². The predicted octanol–water partition coefficient (Wildman–Crippen LogP) is 5.32.